The summed E-state index contributed by atoms with van der Waals surface area (Å²) < 4.78 is 19.2. The number of nitrogens with zero attached hydrogens (tertiary/aromatic N) is 2. The summed E-state index contributed by atoms with van der Waals surface area (Å²) in [6, 6.07) is 3.66. The molecule has 1 aromatic rings. The molecule has 8 heteroatoms. The number of rotatable bonds is 4. The summed E-state index contributed by atoms with van der Waals surface area (Å²) in [5, 5.41) is 13.4. The number of non-ortho nitro benzene ring substituents is 1. The average Bonchev–Trinajstić information content (AvgIpc) is 2.91. The highest BCUT2D eigenvalue weighted by molar-refractivity contribution is 5.67. The Bertz CT molecular complexity index is 630. The largest absolute Gasteiger partial charge is 0.444 e. The van der Waals surface area contributed by atoms with Crippen molar-refractivity contribution in [3.63, 3.8) is 0 Å². The maximum absolute atomic E-state index is 14.1. The minimum atomic E-state index is -0.621. The first-order valence-electron chi connectivity index (χ1n) is 7.81. The summed E-state index contributed by atoms with van der Waals surface area (Å²) in [7, 11) is 0. The summed E-state index contributed by atoms with van der Waals surface area (Å²) in [6.07, 6.45) is 0.328. The molecule has 0 aliphatic carbocycles. The molecule has 1 aliphatic heterocycles. The molecular weight excluding hydrogens is 317 g/mol. The highest BCUT2D eigenvalue weighted by Gasteiger charge is 2.26. The highest BCUT2D eigenvalue weighted by atomic mass is 19.1. The number of nitrogens with one attached hydrogen (secondary N) is 1. The van der Waals surface area contributed by atoms with E-state index in [1.165, 1.54) is 12.1 Å². The molecule has 1 heterocycles. The molecular formula is C16H22FN3O4. The first-order valence-corrected chi connectivity index (χ1v) is 7.81. The van der Waals surface area contributed by atoms with Crippen LogP contribution in [0, 0.1) is 21.8 Å². The summed E-state index contributed by atoms with van der Waals surface area (Å²) in [5.74, 6) is -0.433. The molecule has 1 saturated heterocycles. The first-order chi connectivity index (χ1) is 11.2. The van der Waals surface area contributed by atoms with Crippen LogP contribution < -0.4 is 10.2 Å². The second-order valence-electron chi connectivity index (χ2n) is 6.88. The Labute approximate surface area is 139 Å². The number of ether oxygens (including phenoxy) is 1. The minimum Gasteiger partial charge on any atom is -0.444 e. The van der Waals surface area contributed by atoms with Crippen molar-refractivity contribution in [1.82, 2.24) is 5.32 Å². The third-order valence-corrected chi connectivity index (χ3v) is 3.70. The molecule has 1 unspecified atom stereocenters. The van der Waals surface area contributed by atoms with Crippen LogP contribution in [-0.2, 0) is 4.74 Å². The number of carbonyl (C=O) groups is 1. The number of anilines is 1. The Balaban J connectivity index is 1.89. The second-order valence-corrected chi connectivity index (χ2v) is 6.88. The van der Waals surface area contributed by atoms with Gasteiger partial charge in [-0.15, -0.1) is 0 Å². The summed E-state index contributed by atoms with van der Waals surface area (Å²) >= 11 is 0. The molecule has 1 amide bonds. The fraction of sp³-hybridized carbons (Fsp3) is 0.562. The van der Waals surface area contributed by atoms with Crippen LogP contribution in [0.3, 0.4) is 0 Å². The van der Waals surface area contributed by atoms with E-state index in [-0.39, 0.29) is 11.6 Å². The quantitative estimate of drug-likeness (QED) is 0.673. The first kappa shape index (κ1) is 18.0. The molecule has 0 aromatic heterocycles. The zero-order chi connectivity index (χ0) is 17.9. The van der Waals surface area contributed by atoms with Gasteiger partial charge in [-0.05, 0) is 39.2 Å². The van der Waals surface area contributed by atoms with E-state index in [4.69, 9.17) is 4.74 Å². The lowest BCUT2D eigenvalue weighted by Gasteiger charge is -2.21. The van der Waals surface area contributed by atoms with Gasteiger partial charge in [0.1, 0.15) is 5.60 Å². The van der Waals surface area contributed by atoms with Crippen LogP contribution in [-0.4, -0.2) is 36.3 Å². The van der Waals surface area contributed by atoms with E-state index >= 15 is 0 Å². The van der Waals surface area contributed by atoms with E-state index in [0.29, 0.717) is 25.3 Å². The fourth-order valence-corrected chi connectivity index (χ4v) is 2.63. The maximum atomic E-state index is 14.1. The lowest BCUT2D eigenvalue weighted by Crippen LogP contribution is -2.36. The molecule has 0 radical (unpaired) electrons. The van der Waals surface area contributed by atoms with Gasteiger partial charge in [-0.3, -0.25) is 10.1 Å². The van der Waals surface area contributed by atoms with Gasteiger partial charge in [-0.25, -0.2) is 9.18 Å². The summed E-state index contributed by atoms with van der Waals surface area (Å²) in [6.45, 7) is 7.03. The Morgan fingerprint density at radius 2 is 2.21 bits per heavy atom. The van der Waals surface area contributed by atoms with Crippen LogP contribution in [0.2, 0.25) is 0 Å². The Kier molecular flexibility index (Phi) is 5.26. The Hall–Kier alpha value is -2.38. The van der Waals surface area contributed by atoms with Gasteiger partial charge in [0.25, 0.3) is 5.69 Å². The van der Waals surface area contributed by atoms with E-state index in [0.717, 1.165) is 12.5 Å². The smallest absolute Gasteiger partial charge is 0.407 e. The number of benzene rings is 1. The minimum absolute atomic E-state index is 0.173. The third-order valence-electron chi connectivity index (χ3n) is 3.70. The SMILES string of the molecule is CC(C)(C)OC(=O)NCC1CCN(c2ccc([N+](=O)[O-])cc2F)C1. The van der Waals surface area contributed by atoms with Gasteiger partial charge in [-0.1, -0.05) is 0 Å². The topological polar surface area (TPSA) is 84.7 Å². The van der Waals surface area contributed by atoms with E-state index in [9.17, 15) is 19.3 Å². The van der Waals surface area contributed by atoms with Gasteiger partial charge in [0.2, 0.25) is 0 Å². The Morgan fingerprint density at radius 3 is 2.79 bits per heavy atom. The molecule has 0 saturated carbocycles. The predicted molar refractivity (Wildman–Crippen MR) is 87.6 cm³/mol. The molecule has 2 rings (SSSR count). The molecule has 0 bridgehead atoms. The number of amides is 1. The van der Waals surface area contributed by atoms with Gasteiger partial charge in [0.15, 0.2) is 5.82 Å². The molecule has 1 fully saturated rings. The highest BCUT2D eigenvalue weighted by Crippen LogP contribution is 2.28. The maximum Gasteiger partial charge on any atom is 0.407 e. The van der Waals surface area contributed by atoms with Crippen molar-refractivity contribution in [3.8, 4) is 0 Å². The molecule has 1 N–H and O–H groups in total. The number of nitro benzene ring substituents is 1. The van der Waals surface area contributed by atoms with Gasteiger partial charge < -0.3 is 15.0 Å². The van der Waals surface area contributed by atoms with Gasteiger partial charge >= 0.3 is 6.09 Å². The predicted octanol–water partition coefficient (Wildman–Crippen LogP) is 3.08. The Morgan fingerprint density at radius 1 is 1.50 bits per heavy atom. The number of hydrogen-bond acceptors (Lipinski definition) is 5. The van der Waals surface area contributed by atoms with Crippen molar-refractivity contribution in [2.24, 2.45) is 5.92 Å². The van der Waals surface area contributed by atoms with Crippen molar-refractivity contribution < 1.29 is 18.8 Å². The second kappa shape index (κ2) is 7.02. The van der Waals surface area contributed by atoms with Crippen LogP contribution in [0.5, 0.6) is 0 Å². The number of hydrogen-bond donors (Lipinski definition) is 1. The number of carbonyl (C=O) groups excluding carboxylic acids is 1. The van der Waals surface area contributed by atoms with Crippen molar-refractivity contribution >= 4 is 17.5 Å². The molecule has 1 aliphatic rings. The van der Waals surface area contributed by atoms with E-state index in [1.807, 2.05) is 4.90 Å². The van der Waals surface area contributed by atoms with Crippen LogP contribution >= 0.6 is 0 Å². The molecule has 7 nitrogen and oxygen atoms in total. The standard InChI is InChI=1S/C16H22FN3O4/c1-16(2,3)24-15(21)18-9-11-6-7-19(10-11)14-5-4-12(20(22)23)8-13(14)17/h4-5,8,11H,6-7,9-10H2,1-3H3,(H,18,21). The fourth-order valence-electron chi connectivity index (χ4n) is 2.63. The zero-order valence-corrected chi connectivity index (χ0v) is 14.0. The van der Waals surface area contributed by atoms with Crippen molar-refractivity contribution in [1.29, 1.82) is 0 Å². The molecule has 0 spiro atoms. The molecule has 132 valence electrons. The average molecular weight is 339 g/mol. The van der Waals surface area contributed by atoms with Gasteiger partial charge in [0.05, 0.1) is 16.7 Å². The van der Waals surface area contributed by atoms with E-state index in [1.54, 1.807) is 20.8 Å². The lowest BCUT2D eigenvalue weighted by molar-refractivity contribution is -0.385. The number of halogens is 1. The zero-order valence-electron chi connectivity index (χ0n) is 14.0. The normalized spacial score (nSPS) is 17.7. The number of nitro groups is 1. The van der Waals surface area contributed by atoms with E-state index in [2.05, 4.69) is 5.32 Å². The molecule has 1 atom stereocenters. The van der Waals surface area contributed by atoms with Crippen molar-refractivity contribution in [2.45, 2.75) is 32.8 Å². The lowest BCUT2D eigenvalue weighted by atomic mass is 10.1. The van der Waals surface area contributed by atoms with Crippen LogP contribution in [0.4, 0.5) is 20.6 Å². The third kappa shape index (κ3) is 4.81. The molecule has 24 heavy (non-hydrogen) atoms. The van der Waals surface area contributed by atoms with Crippen LogP contribution in [0.1, 0.15) is 27.2 Å². The molecule has 1 aromatic carbocycles. The number of alkyl carbamates (subject to hydrolysis) is 1. The van der Waals surface area contributed by atoms with Crippen LogP contribution in [0.25, 0.3) is 0 Å². The monoisotopic (exact) mass is 339 g/mol. The van der Waals surface area contributed by atoms with E-state index < -0.39 is 22.4 Å². The van der Waals surface area contributed by atoms with Crippen molar-refractivity contribution in [3.05, 3.63) is 34.1 Å². The van der Waals surface area contributed by atoms with Crippen LogP contribution in [0.15, 0.2) is 18.2 Å². The van der Waals surface area contributed by atoms with Gasteiger partial charge in [-0.2, -0.15) is 0 Å². The summed E-state index contributed by atoms with van der Waals surface area (Å²) in [5.41, 5.74) is -0.466. The van der Waals surface area contributed by atoms with Gasteiger partial charge in [0, 0.05) is 25.7 Å². The summed E-state index contributed by atoms with van der Waals surface area (Å²) in [4.78, 5) is 23.5. The van der Waals surface area contributed by atoms with Crippen molar-refractivity contribution in [2.75, 3.05) is 24.5 Å².